The van der Waals surface area contributed by atoms with Crippen LogP contribution in [0.15, 0.2) is 6.20 Å². The van der Waals surface area contributed by atoms with Crippen LogP contribution in [0.1, 0.15) is 20.8 Å². The summed E-state index contributed by atoms with van der Waals surface area (Å²) in [5, 5.41) is 0.254. The molecule has 2 aromatic heterocycles. The highest BCUT2D eigenvalue weighted by molar-refractivity contribution is 6.76. The van der Waals surface area contributed by atoms with Gasteiger partial charge in [-0.25, -0.2) is 4.98 Å². The molecule has 4 atom stereocenters. The molecule has 4 rings (SSSR count). The summed E-state index contributed by atoms with van der Waals surface area (Å²) in [6.45, 7) is 20.1. The summed E-state index contributed by atoms with van der Waals surface area (Å²) in [6, 6.07) is 1.47. The average Bonchev–Trinajstić information content (AvgIpc) is 3.39. The lowest BCUT2D eigenvalue weighted by molar-refractivity contribution is 0.00691. The Hall–Kier alpha value is -1.09. The van der Waals surface area contributed by atoms with Crippen LogP contribution < -0.4 is 4.74 Å². The Labute approximate surface area is 215 Å². The first kappa shape index (κ1) is 27.0. The maximum Gasteiger partial charge on any atom is 0.301 e. The summed E-state index contributed by atoms with van der Waals surface area (Å²) in [6.07, 6.45) is 0.863. The van der Waals surface area contributed by atoms with Crippen LogP contribution in [-0.2, 0) is 25.4 Å². The van der Waals surface area contributed by atoms with Gasteiger partial charge in [0, 0.05) is 14.7 Å². The van der Waals surface area contributed by atoms with Gasteiger partial charge in [0.2, 0.25) is 5.28 Å². The van der Waals surface area contributed by atoms with Gasteiger partial charge in [-0.05, 0) is 35.8 Å². The Morgan fingerprint density at radius 2 is 1.71 bits per heavy atom. The second-order valence-corrected chi connectivity index (χ2v) is 22.9. The third kappa shape index (κ3) is 6.08. The fraction of sp³-hybridized carbons (Fsp3) is 0.783. The molecule has 12 heteroatoms. The van der Waals surface area contributed by atoms with E-state index in [-0.39, 0.29) is 34.7 Å². The molecular formula is C23H39ClN4O5Si2. The number of ether oxygens (including phenoxy) is 4. The van der Waals surface area contributed by atoms with Crippen molar-refractivity contribution in [3.63, 3.8) is 0 Å². The van der Waals surface area contributed by atoms with Crippen LogP contribution in [0.2, 0.25) is 49.1 Å². The van der Waals surface area contributed by atoms with E-state index < -0.39 is 16.4 Å². The van der Waals surface area contributed by atoms with Gasteiger partial charge in [-0.1, -0.05) is 40.4 Å². The highest BCUT2D eigenvalue weighted by Crippen LogP contribution is 2.40. The van der Waals surface area contributed by atoms with Crippen molar-refractivity contribution in [2.75, 3.05) is 19.8 Å². The molecule has 9 nitrogen and oxygen atoms in total. The van der Waals surface area contributed by atoms with Gasteiger partial charge in [0.05, 0.1) is 25.5 Å². The highest BCUT2D eigenvalue weighted by Gasteiger charge is 2.52. The predicted octanol–water partition coefficient (Wildman–Crippen LogP) is 4.73. The van der Waals surface area contributed by atoms with Crippen LogP contribution in [-0.4, -0.2) is 80.1 Å². The molecule has 35 heavy (non-hydrogen) atoms. The summed E-state index contributed by atoms with van der Waals surface area (Å²) < 4.78 is 33.1. The molecule has 0 aliphatic carbocycles. The molecular weight excluding hydrogens is 504 g/mol. The molecule has 2 aliphatic rings. The number of rotatable bonds is 9. The number of nitrogens with zero attached hydrogens (tertiary/aromatic N) is 4. The van der Waals surface area contributed by atoms with Gasteiger partial charge in [-0.3, -0.25) is 4.57 Å². The molecule has 2 aliphatic heterocycles. The third-order valence-corrected chi connectivity index (χ3v) is 13.5. The summed E-state index contributed by atoms with van der Waals surface area (Å²) in [5.74, 6) is 0. The zero-order chi connectivity index (χ0) is 25.6. The monoisotopic (exact) mass is 542 g/mol. The second-order valence-electron chi connectivity index (χ2n) is 12.2. The van der Waals surface area contributed by atoms with Crippen molar-refractivity contribution in [1.82, 2.24) is 19.5 Å². The molecule has 4 heterocycles. The number of imidazole rings is 1. The Morgan fingerprint density at radius 1 is 1.06 bits per heavy atom. The first-order valence-corrected chi connectivity index (χ1v) is 19.3. The van der Waals surface area contributed by atoms with Crippen LogP contribution >= 0.6 is 11.6 Å². The molecule has 2 fully saturated rings. The summed E-state index contributed by atoms with van der Waals surface area (Å²) in [7, 11) is -3.15. The Bertz CT molecular complexity index is 1040. The number of hydrogen-bond acceptors (Lipinski definition) is 8. The normalized spacial score (nSPS) is 25.4. The van der Waals surface area contributed by atoms with E-state index in [1.807, 2.05) is 4.57 Å². The van der Waals surface area contributed by atoms with E-state index in [9.17, 15) is 0 Å². The summed E-state index contributed by atoms with van der Waals surface area (Å²) >= 11 is 6.01. The minimum Gasteiger partial charge on any atom is -0.456 e. The molecule has 196 valence electrons. The second kappa shape index (κ2) is 9.99. The quantitative estimate of drug-likeness (QED) is 0.255. The smallest absolute Gasteiger partial charge is 0.301 e. The van der Waals surface area contributed by atoms with Crippen LogP contribution in [0.25, 0.3) is 11.2 Å². The van der Waals surface area contributed by atoms with E-state index in [4.69, 9.17) is 35.0 Å². The lowest BCUT2D eigenvalue weighted by Gasteiger charge is -2.39. The van der Waals surface area contributed by atoms with Gasteiger partial charge in [0.15, 0.2) is 20.1 Å². The van der Waals surface area contributed by atoms with Crippen molar-refractivity contribution in [3.8, 4) is 6.01 Å². The van der Waals surface area contributed by atoms with Crippen LogP contribution in [0.4, 0.5) is 0 Å². The lowest BCUT2D eigenvalue weighted by Crippen LogP contribution is -2.47. The standard InChI is InChI=1S/C23H39ClN4O5Si2/c1-23(2,3)35(7,8)33-17-13-31-18-16(12-30-19(17)18)32-22-27-20-15(11-25-21(24)26-20)28(22)14-29-9-10-34(4,5)6/h11,16-19H,9-10,12-14H2,1-8H3/t16-,17?,18-,19-/m1/s1. The van der Waals surface area contributed by atoms with Crippen molar-refractivity contribution in [1.29, 1.82) is 0 Å². The largest absolute Gasteiger partial charge is 0.456 e. The van der Waals surface area contributed by atoms with Crippen molar-refractivity contribution < 1.29 is 23.4 Å². The van der Waals surface area contributed by atoms with E-state index in [1.165, 1.54) is 0 Å². The van der Waals surface area contributed by atoms with E-state index in [2.05, 4.69) is 68.5 Å². The number of aromatic nitrogens is 4. The van der Waals surface area contributed by atoms with Gasteiger partial charge in [0.25, 0.3) is 0 Å². The predicted molar refractivity (Wildman–Crippen MR) is 140 cm³/mol. The maximum atomic E-state index is 6.62. The van der Waals surface area contributed by atoms with E-state index in [0.29, 0.717) is 43.7 Å². The van der Waals surface area contributed by atoms with Crippen LogP contribution in [0, 0.1) is 0 Å². The fourth-order valence-corrected chi connectivity index (χ4v) is 6.14. The minimum absolute atomic E-state index is 0.0946. The third-order valence-electron chi connectivity index (χ3n) is 7.13. The number of hydrogen-bond donors (Lipinski definition) is 0. The van der Waals surface area contributed by atoms with E-state index >= 15 is 0 Å². The zero-order valence-electron chi connectivity index (χ0n) is 22.1. The van der Waals surface area contributed by atoms with Crippen LogP contribution in [0.5, 0.6) is 6.01 Å². The molecule has 0 spiro atoms. The molecule has 0 bridgehead atoms. The molecule has 1 unspecified atom stereocenters. The van der Waals surface area contributed by atoms with Gasteiger partial charge in [-0.15, -0.1) is 0 Å². The first-order chi connectivity index (χ1) is 16.2. The van der Waals surface area contributed by atoms with Crippen molar-refractivity contribution in [2.24, 2.45) is 0 Å². The first-order valence-electron chi connectivity index (χ1n) is 12.3. The van der Waals surface area contributed by atoms with Crippen molar-refractivity contribution >= 4 is 39.2 Å². The molecule has 0 N–H and O–H groups in total. The molecule has 0 amide bonds. The highest BCUT2D eigenvalue weighted by atomic mass is 35.5. The van der Waals surface area contributed by atoms with Crippen molar-refractivity contribution in [3.05, 3.63) is 11.5 Å². The molecule has 2 saturated heterocycles. The summed E-state index contributed by atoms with van der Waals surface area (Å²) in [5.41, 5.74) is 1.18. The maximum absolute atomic E-state index is 6.62. The zero-order valence-corrected chi connectivity index (χ0v) is 24.9. The fourth-order valence-electron chi connectivity index (χ4n) is 3.94. The van der Waals surface area contributed by atoms with Crippen LogP contribution in [0.3, 0.4) is 0 Å². The van der Waals surface area contributed by atoms with Gasteiger partial charge in [0.1, 0.15) is 24.5 Å². The van der Waals surface area contributed by atoms with Gasteiger partial charge in [-0.2, -0.15) is 9.97 Å². The Kier molecular flexibility index (Phi) is 7.70. The number of fused-ring (bicyclic) bond motifs is 2. The minimum atomic E-state index is -1.95. The van der Waals surface area contributed by atoms with E-state index in [1.54, 1.807) is 6.20 Å². The Balaban J connectivity index is 1.48. The molecule has 0 radical (unpaired) electrons. The number of halogens is 1. The molecule has 0 saturated carbocycles. The topological polar surface area (TPSA) is 89.8 Å². The molecule has 2 aromatic rings. The summed E-state index contributed by atoms with van der Waals surface area (Å²) in [4.78, 5) is 13.0. The molecule has 0 aromatic carbocycles. The van der Waals surface area contributed by atoms with Gasteiger partial charge < -0.3 is 23.4 Å². The van der Waals surface area contributed by atoms with Gasteiger partial charge >= 0.3 is 6.01 Å². The lowest BCUT2D eigenvalue weighted by atomic mass is 10.1. The Morgan fingerprint density at radius 3 is 2.37 bits per heavy atom. The SMILES string of the molecule is CC(C)(C)[Si](C)(C)OC1CO[C@H]2[C@@H]1OC[C@H]2Oc1nc2nc(Cl)ncc2n1COCC[Si](C)(C)C. The van der Waals surface area contributed by atoms with Crippen molar-refractivity contribution in [2.45, 2.75) is 95.7 Å². The van der Waals surface area contributed by atoms with E-state index in [0.717, 1.165) is 6.04 Å². The average molecular weight is 543 g/mol.